The first kappa shape index (κ1) is 15.9. The van der Waals surface area contributed by atoms with Crippen molar-refractivity contribution in [2.75, 3.05) is 26.7 Å². The maximum absolute atomic E-state index is 6.10. The van der Waals surface area contributed by atoms with E-state index in [2.05, 4.69) is 15.2 Å². The lowest BCUT2D eigenvalue weighted by atomic mass is 10.1. The highest BCUT2D eigenvalue weighted by atomic mass is 127. The van der Waals surface area contributed by atoms with E-state index in [1.165, 1.54) is 0 Å². The lowest BCUT2D eigenvalue weighted by molar-refractivity contribution is 0.534. The van der Waals surface area contributed by atoms with Crippen LogP contribution >= 0.6 is 47.2 Å². The number of halogens is 3. The Labute approximate surface area is 135 Å². The first-order valence-corrected chi connectivity index (χ1v) is 6.36. The Morgan fingerprint density at radius 2 is 2.00 bits per heavy atom. The van der Waals surface area contributed by atoms with Crippen LogP contribution in [0.4, 0.5) is 0 Å². The quantitative estimate of drug-likeness (QED) is 0.791. The molecule has 0 unspecified atom stereocenters. The molecule has 1 N–H and O–H groups in total. The standard InChI is InChI=1S/C12H15Cl2N3.HI/c1-17-8-7-16-12(17)15-6-5-9-10(13)3-2-4-11(9)14;/h2-4H,5-8H2,1H3,(H,15,16);1H. The van der Waals surface area contributed by atoms with Crippen LogP contribution in [0.3, 0.4) is 0 Å². The molecule has 1 aliphatic heterocycles. The van der Waals surface area contributed by atoms with Crippen molar-refractivity contribution in [1.29, 1.82) is 0 Å². The van der Waals surface area contributed by atoms with E-state index >= 15 is 0 Å². The summed E-state index contributed by atoms with van der Waals surface area (Å²) in [6.07, 6.45) is 0.797. The lowest BCUT2D eigenvalue weighted by Gasteiger charge is -2.15. The van der Waals surface area contributed by atoms with Gasteiger partial charge in [0, 0.05) is 30.2 Å². The molecule has 0 saturated carbocycles. The first-order valence-electron chi connectivity index (χ1n) is 5.61. The highest BCUT2D eigenvalue weighted by Crippen LogP contribution is 2.24. The molecule has 18 heavy (non-hydrogen) atoms. The maximum Gasteiger partial charge on any atom is 0.193 e. The van der Waals surface area contributed by atoms with Crippen molar-refractivity contribution in [1.82, 2.24) is 10.2 Å². The molecule has 0 aliphatic carbocycles. The fraction of sp³-hybridized carbons (Fsp3) is 0.417. The summed E-state index contributed by atoms with van der Waals surface area (Å²) in [4.78, 5) is 6.46. The number of benzene rings is 1. The first-order chi connectivity index (χ1) is 8.18. The van der Waals surface area contributed by atoms with Crippen molar-refractivity contribution in [3.63, 3.8) is 0 Å². The van der Waals surface area contributed by atoms with Gasteiger partial charge in [-0.05, 0) is 24.1 Å². The predicted molar refractivity (Wildman–Crippen MR) is 88.5 cm³/mol. The summed E-state index contributed by atoms with van der Waals surface area (Å²) in [6, 6.07) is 5.58. The molecule has 2 rings (SSSR count). The molecule has 0 fully saturated rings. The summed E-state index contributed by atoms with van der Waals surface area (Å²) >= 11 is 12.2. The van der Waals surface area contributed by atoms with Crippen LogP contribution in [0.5, 0.6) is 0 Å². The molecule has 1 aromatic rings. The van der Waals surface area contributed by atoms with Crippen molar-refractivity contribution in [2.45, 2.75) is 6.42 Å². The molecule has 0 amide bonds. The number of nitrogens with zero attached hydrogens (tertiary/aromatic N) is 2. The van der Waals surface area contributed by atoms with Crippen LogP contribution in [0, 0.1) is 0 Å². The Bertz CT molecular complexity index is 417. The molecule has 0 atom stereocenters. The van der Waals surface area contributed by atoms with Crippen molar-refractivity contribution in [3.8, 4) is 0 Å². The topological polar surface area (TPSA) is 27.6 Å². The van der Waals surface area contributed by atoms with Gasteiger partial charge in [0.25, 0.3) is 0 Å². The van der Waals surface area contributed by atoms with Crippen molar-refractivity contribution in [2.24, 2.45) is 4.99 Å². The Balaban J connectivity index is 0.00000162. The SMILES string of the molecule is CN1CCN=C1NCCc1c(Cl)cccc1Cl.I. The monoisotopic (exact) mass is 399 g/mol. The third-order valence-electron chi connectivity index (χ3n) is 2.78. The molecule has 100 valence electrons. The van der Waals surface area contributed by atoms with Crippen molar-refractivity contribution < 1.29 is 0 Å². The third kappa shape index (κ3) is 3.90. The minimum atomic E-state index is 0. The van der Waals surface area contributed by atoms with Gasteiger partial charge < -0.3 is 10.2 Å². The van der Waals surface area contributed by atoms with Crippen LogP contribution in [0.15, 0.2) is 23.2 Å². The number of nitrogens with one attached hydrogen (secondary N) is 1. The average molecular weight is 400 g/mol. The van der Waals surface area contributed by atoms with Crippen LogP contribution < -0.4 is 5.32 Å². The van der Waals surface area contributed by atoms with Gasteiger partial charge in [0.1, 0.15) is 0 Å². The molecule has 1 heterocycles. The van der Waals surface area contributed by atoms with Gasteiger partial charge in [-0.15, -0.1) is 24.0 Å². The summed E-state index contributed by atoms with van der Waals surface area (Å²) in [6.45, 7) is 2.63. The zero-order valence-electron chi connectivity index (χ0n) is 10.1. The fourth-order valence-corrected chi connectivity index (χ4v) is 2.38. The number of rotatable bonds is 3. The highest BCUT2D eigenvalue weighted by Gasteiger charge is 2.11. The lowest BCUT2D eigenvalue weighted by Crippen LogP contribution is -2.36. The Morgan fingerprint density at radius 1 is 1.33 bits per heavy atom. The van der Waals surface area contributed by atoms with Gasteiger partial charge in [-0.1, -0.05) is 29.3 Å². The number of guanidine groups is 1. The fourth-order valence-electron chi connectivity index (χ4n) is 1.79. The summed E-state index contributed by atoms with van der Waals surface area (Å²) in [7, 11) is 2.03. The summed E-state index contributed by atoms with van der Waals surface area (Å²) in [5.41, 5.74) is 0.990. The minimum Gasteiger partial charge on any atom is -0.356 e. The highest BCUT2D eigenvalue weighted by molar-refractivity contribution is 14.0. The van der Waals surface area contributed by atoms with Gasteiger partial charge in [0.05, 0.1) is 6.54 Å². The predicted octanol–water partition coefficient (Wildman–Crippen LogP) is 3.04. The third-order valence-corrected chi connectivity index (χ3v) is 3.49. The molecule has 1 aromatic carbocycles. The van der Waals surface area contributed by atoms with Crippen LogP contribution in [0.2, 0.25) is 10.0 Å². The second-order valence-electron chi connectivity index (χ2n) is 4.00. The molecule has 0 bridgehead atoms. The van der Waals surface area contributed by atoms with E-state index in [4.69, 9.17) is 23.2 Å². The molecule has 6 heteroatoms. The van der Waals surface area contributed by atoms with E-state index in [1.807, 2.05) is 25.2 Å². The van der Waals surface area contributed by atoms with E-state index in [9.17, 15) is 0 Å². The number of hydrogen-bond acceptors (Lipinski definition) is 3. The van der Waals surface area contributed by atoms with E-state index in [0.717, 1.165) is 47.6 Å². The van der Waals surface area contributed by atoms with E-state index in [0.29, 0.717) is 0 Å². The van der Waals surface area contributed by atoms with Gasteiger partial charge in [-0.2, -0.15) is 0 Å². The second kappa shape index (κ2) is 7.40. The molecule has 0 saturated heterocycles. The second-order valence-corrected chi connectivity index (χ2v) is 4.82. The molecule has 0 spiro atoms. The minimum absolute atomic E-state index is 0. The van der Waals surface area contributed by atoms with Gasteiger partial charge in [-0.3, -0.25) is 4.99 Å². The normalized spacial score (nSPS) is 14.2. The summed E-state index contributed by atoms with van der Waals surface area (Å²) in [5.74, 6) is 0.952. The van der Waals surface area contributed by atoms with E-state index < -0.39 is 0 Å². The van der Waals surface area contributed by atoms with Gasteiger partial charge in [-0.25, -0.2) is 0 Å². The van der Waals surface area contributed by atoms with Crippen LogP contribution in [-0.4, -0.2) is 37.5 Å². The molecule has 0 radical (unpaired) electrons. The molecule has 3 nitrogen and oxygen atoms in total. The smallest absolute Gasteiger partial charge is 0.193 e. The van der Waals surface area contributed by atoms with Crippen molar-refractivity contribution >= 4 is 53.1 Å². The van der Waals surface area contributed by atoms with Gasteiger partial charge >= 0.3 is 0 Å². The molecule has 1 aliphatic rings. The van der Waals surface area contributed by atoms with Crippen LogP contribution in [0.25, 0.3) is 0 Å². The Hall–Kier alpha value is -0.200. The van der Waals surface area contributed by atoms with Crippen LogP contribution in [0.1, 0.15) is 5.56 Å². The van der Waals surface area contributed by atoms with Gasteiger partial charge in [0.2, 0.25) is 0 Å². The molecular formula is C12H16Cl2IN3. The number of likely N-dealkylation sites (N-methyl/N-ethyl adjacent to an activating group) is 1. The molecular weight excluding hydrogens is 384 g/mol. The van der Waals surface area contributed by atoms with Gasteiger partial charge in [0.15, 0.2) is 5.96 Å². The summed E-state index contributed by atoms with van der Waals surface area (Å²) < 4.78 is 0. The average Bonchev–Trinajstić information content (AvgIpc) is 2.69. The Kier molecular flexibility index (Phi) is 6.52. The maximum atomic E-state index is 6.10. The molecule has 0 aromatic heterocycles. The van der Waals surface area contributed by atoms with Crippen molar-refractivity contribution in [3.05, 3.63) is 33.8 Å². The summed E-state index contributed by atoms with van der Waals surface area (Å²) in [5, 5.41) is 4.74. The number of hydrogen-bond donors (Lipinski definition) is 1. The van der Waals surface area contributed by atoms with E-state index in [1.54, 1.807) is 0 Å². The van der Waals surface area contributed by atoms with Crippen LogP contribution in [-0.2, 0) is 6.42 Å². The zero-order valence-corrected chi connectivity index (χ0v) is 14.0. The van der Waals surface area contributed by atoms with E-state index in [-0.39, 0.29) is 24.0 Å². The largest absolute Gasteiger partial charge is 0.356 e. The number of aliphatic imine (C=N–C) groups is 1. The zero-order chi connectivity index (χ0) is 12.3. The Morgan fingerprint density at radius 3 is 2.56 bits per heavy atom.